The molecule has 0 aliphatic carbocycles. The lowest BCUT2D eigenvalue weighted by atomic mass is 10.1. The summed E-state index contributed by atoms with van der Waals surface area (Å²) in [5, 5.41) is 21.4. The highest BCUT2D eigenvalue weighted by atomic mass is 35.5. The number of hydrogen-bond acceptors (Lipinski definition) is 5. The number of rotatable bonds is 4. The molecule has 0 atom stereocenters. The van der Waals surface area contributed by atoms with Crippen LogP contribution in [0.15, 0.2) is 23.8 Å². The standard InChI is InChI=1S/C14H10Cl2N4OS/c1-2-12-19-20-14(22-12)18-13(21)9(7-17)5-8-3-4-10(15)6-11(8)16/h3-6H,2H2,1H3,(H,18,20,21)/b9-5-. The van der Waals surface area contributed by atoms with E-state index in [1.54, 1.807) is 18.2 Å². The first-order valence-corrected chi connectivity index (χ1v) is 7.81. The molecular formula is C14H10Cl2N4OS. The van der Waals surface area contributed by atoms with E-state index in [9.17, 15) is 4.79 Å². The van der Waals surface area contributed by atoms with E-state index in [0.717, 1.165) is 11.4 Å². The van der Waals surface area contributed by atoms with Crippen molar-refractivity contribution in [3.63, 3.8) is 0 Å². The maximum Gasteiger partial charge on any atom is 0.268 e. The molecule has 1 aromatic carbocycles. The number of aryl methyl sites for hydroxylation is 1. The van der Waals surface area contributed by atoms with Gasteiger partial charge in [-0.3, -0.25) is 10.1 Å². The van der Waals surface area contributed by atoms with E-state index in [4.69, 9.17) is 28.5 Å². The summed E-state index contributed by atoms with van der Waals surface area (Å²) in [5.74, 6) is -0.563. The third-order valence-corrected chi connectivity index (χ3v) is 4.16. The molecule has 2 aromatic rings. The van der Waals surface area contributed by atoms with Gasteiger partial charge in [-0.25, -0.2) is 0 Å². The van der Waals surface area contributed by atoms with E-state index in [0.29, 0.717) is 20.7 Å². The van der Waals surface area contributed by atoms with Gasteiger partial charge in [-0.2, -0.15) is 5.26 Å². The average Bonchev–Trinajstić information content (AvgIpc) is 2.94. The second-order valence-electron chi connectivity index (χ2n) is 4.14. The second-order valence-corrected chi connectivity index (χ2v) is 6.05. The maximum absolute atomic E-state index is 12.1. The average molecular weight is 353 g/mol. The van der Waals surface area contributed by atoms with Gasteiger partial charge in [0.15, 0.2) is 0 Å². The van der Waals surface area contributed by atoms with Crippen molar-refractivity contribution in [2.75, 3.05) is 5.32 Å². The second kappa shape index (κ2) is 7.36. The van der Waals surface area contributed by atoms with E-state index in [2.05, 4.69) is 15.5 Å². The SMILES string of the molecule is CCc1nnc(NC(=O)/C(C#N)=C\c2ccc(Cl)cc2Cl)s1. The van der Waals surface area contributed by atoms with Gasteiger partial charge in [-0.1, -0.05) is 47.5 Å². The molecule has 1 amide bonds. The van der Waals surface area contributed by atoms with Crippen LogP contribution in [0.3, 0.4) is 0 Å². The summed E-state index contributed by atoms with van der Waals surface area (Å²) >= 11 is 13.1. The van der Waals surface area contributed by atoms with Gasteiger partial charge in [0.2, 0.25) is 5.13 Å². The van der Waals surface area contributed by atoms with Gasteiger partial charge in [-0.15, -0.1) is 10.2 Å². The molecule has 0 radical (unpaired) electrons. The summed E-state index contributed by atoms with van der Waals surface area (Å²) in [6.45, 7) is 1.94. The zero-order chi connectivity index (χ0) is 16.1. The smallest absolute Gasteiger partial charge is 0.268 e. The Balaban J connectivity index is 2.21. The zero-order valence-electron chi connectivity index (χ0n) is 11.4. The van der Waals surface area contributed by atoms with Gasteiger partial charge in [0.1, 0.15) is 16.6 Å². The van der Waals surface area contributed by atoms with Crippen molar-refractivity contribution >= 4 is 51.7 Å². The lowest BCUT2D eigenvalue weighted by molar-refractivity contribution is -0.112. The Kier molecular flexibility index (Phi) is 5.50. The van der Waals surface area contributed by atoms with Crippen LogP contribution >= 0.6 is 34.5 Å². The van der Waals surface area contributed by atoms with Crippen molar-refractivity contribution in [1.29, 1.82) is 5.26 Å². The van der Waals surface area contributed by atoms with Crippen molar-refractivity contribution in [2.24, 2.45) is 0 Å². The first kappa shape index (κ1) is 16.4. The third-order valence-electron chi connectivity index (χ3n) is 2.62. The molecule has 0 aliphatic rings. The highest BCUT2D eigenvalue weighted by Crippen LogP contribution is 2.23. The molecule has 0 bridgehead atoms. The maximum atomic E-state index is 12.1. The number of carbonyl (C=O) groups is 1. The Labute approximate surface area is 141 Å². The van der Waals surface area contributed by atoms with Crippen LogP contribution in [0.25, 0.3) is 6.08 Å². The van der Waals surface area contributed by atoms with Crippen molar-refractivity contribution in [2.45, 2.75) is 13.3 Å². The number of aromatic nitrogens is 2. The molecule has 112 valence electrons. The number of hydrogen-bond donors (Lipinski definition) is 1. The van der Waals surface area contributed by atoms with Gasteiger partial charge < -0.3 is 0 Å². The quantitative estimate of drug-likeness (QED) is 0.667. The minimum absolute atomic E-state index is 0.0857. The molecule has 22 heavy (non-hydrogen) atoms. The molecule has 0 unspecified atom stereocenters. The van der Waals surface area contributed by atoms with E-state index in [1.807, 2.05) is 13.0 Å². The fourth-order valence-corrected chi connectivity index (χ4v) is 2.67. The predicted octanol–water partition coefficient (Wildman–Crippen LogP) is 3.95. The first-order valence-electron chi connectivity index (χ1n) is 6.24. The number of nitrogens with zero attached hydrogens (tertiary/aromatic N) is 3. The summed E-state index contributed by atoms with van der Waals surface area (Å²) in [7, 11) is 0. The summed E-state index contributed by atoms with van der Waals surface area (Å²) in [5.41, 5.74) is 0.446. The fraction of sp³-hybridized carbons (Fsp3) is 0.143. The van der Waals surface area contributed by atoms with Crippen LogP contribution in [0.2, 0.25) is 10.0 Å². The zero-order valence-corrected chi connectivity index (χ0v) is 13.8. The Morgan fingerprint density at radius 3 is 2.82 bits per heavy atom. The van der Waals surface area contributed by atoms with Gasteiger partial charge in [-0.05, 0) is 30.2 Å². The number of nitrogens with one attached hydrogen (secondary N) is 1. The first-order chi connectivity index (χ1) is 10.5. The Bertz CT molecular complexity index is 779. The molecule has 0 saturated carbocycles. The number of anilines is 1. The molecule has 0 spiro atoms. The van der Waals surface area contributed by atoms with Crippen molar-refractivity contribution in [3.8, 4) is 6.07 Å². The minimum Gasteiger partial charge on any atom is -0.296 e. The van der Waals surface area contributed by atoms with E-state index < -0.39 is 5.91 Å². The number of nitriles is 1. The lowest BCUT2D eigenvalue weighted by Gasteiger charge is -2.02. The predicted molar refractivity (Wildman–Crippen MR) is 88.0 cm³/mol. The number of benzene rings is 1. The third kappa shape index (κ3) is 4.04. The van der Waals surface area contributed by atoms with Gasteiger partial charge in [0, 0.05) is 10.0 Å². The van der Waals surface area contributed by atoms with Crippen LogP contribution in [0, 0.1) is 11.3 Å². The van der Waals surface area contributed by atoms with Crippen LogP contribution in [0.5, 0.6) is 0 Å². The Morgan fingerprint density at radius 2 is 2.23 bits per heavy atom. The van der Waals surface area contributed by atoms with Gasteiger partial charge in [0.25, 0.3) is 5.91 Å². The summed E-state index contributed by atoms with van der Waals surface area (Å²) in [4.78, 5) is 12.1. The highest BCUT2D eigenvalue weighted by Gasteiger charge is 2.13. The molecule has 0 saturated heterocycles. The van der Waals surface area contributed by atoms with Crippen molar-refractivity contribution in [1.82, 2.24) is 10.2 Å². The molecule has 1 aromatic heterocycles. The molecule has 0 aliphatic heterocycles. The van der Waals surface area contributed by atoms with E-state index >= 15 is 0 Å². The van der Waals surface area contributed by atoms with Crippen LogP contribution in [0.1, 0.15) is 17.5 Å². The van der Waals surface area contributed by atoms with Crippen LogP contribution in [-0.2, 0) is 11.2 Å². The molecule has 1 heterocycles. The fourth-order valence-electron chi connectivity index (χ4n) is 1.53. The normalized spacial score (nSPS) is 11.1. The number of halogens is 2. The summed E-state index contributed by atoms with van der Waals surface area (Å²) < 4.78 is 0. The topological polar surface area (TPSA) is 78.7 Å². The molecule has 1 N–H and O–H groups in total. The van der Waals surface area contributed by atoms with Crippen LogP contribution in [-0.4, -0.2) is 16.1 Å². The molecule has 8 heteroatoms. The largest absolute Gasteiger partial charge is 0.296 e. The minimum atomic E-state index is -0.563. The number of amides is 1. The molecular weight excluding hydrogens is 343 g/mol. The van der Waals surface area contributed by atoms with Gasteiger partial charge in [0.05, 0.1) is 0 Å². The number of carbonyl (C=O) groups excluding carboxylic acids is 1. The van der Waals surface area contributed by atoms with Crippen molar-refractivity contribution in [3.05, 3.63) is 44.4 Å². The summed E-state index contributed by atoms with van der Waals surface area (Å²) in [6.07, 6.45) is 2.13. The van der Waals surface area contributed by atoms with E-state index in [1.165, 1.54) is 17.4 Å². The summed E-state index contributed by atoms with van der Waals surface area (Å²) in [6, 6.07) is 6.65. The van der Waals surface area contributed by atoms with Crippen molar-refractivity contribution < 1.29 is 4.79 Å². The Morgan fingerprint density at radius 1 is 1.45 bits per heavy atom. The van der Waals surface area contributed by atoms with Gasteiger partial charge >= 0.3 is 0 Å². The van der Waals surface area contributed by atoms with Crippen LogP contribution in [0.4, 0.5) is 5.13 Å². The highest BCUT2D eigenvalue weighted by molar-refractivity contribution is 7.15. The van der Waals surface area contributed by atoms with E-state index in [-0.39, 0.29) is 5.57 Å². The monoisotopic (exact) mass is 352 g/mol. The Hall–Kier alpha value is -1.94. The van der Waals surface area contributed by atoms with Crippen LogP contribution < -0.4 is 5.32 Å². The lowest BCUT2D eigenvalue weighted by Crippen LogP contribution is -2.13. The molecule has 5 nitrogen and oxygen atoms in total. The molecule has 2 rings (SSSR count). The molecule has 0 fully saturated rings.